The number of piperazine rings is 1. The van der Waals surface area contributed by atoms with Gasteiger partial charge < -0.3 is 9.80 Å². The first-order valence-electron chi connectivity index (χ1n) is 8.91. The molecule has 2 aromatic rings. The van der Waals surface area contributed by atoms with E-state index in [-0.39, 0.29) is 36.0 Å². The predicted molar refractivity (Wildman–Crippen MR) is 103 cm³/mol. The molecule has 2 aromatic carbocycles. The summed E-state index contributed by atoms with van der Waals surface area (Å²) in [6.45, 7) is 2.26. The SMILES string of the molecule is CCc1cccc(N2C(=O)CN(c3ccccc3)C3CS(=O)(=O)CC32)c1. The van der Waals surface area contributed by atoms with Crippen LogP contribution in [-0.4, -0.2) is 44.5 Å². The van der Waals surface area contributed by atoms with Crippen molar-refractivity contribution in [1.29, 1.82) is 0 Å². The molecular formula is C20H22N2O3S. The molecule has 136 valence electrons. The Kier molecular flexibility index (Phi) is 4.23. The van der Waals surface area contributed by atoms with Gasteiger partial charge in [0.2, 0.25) is 5.91 Å². The molecule has 0 bridgehead atoms. The monoisotopic (exact) mass is 370 g/mol. The van der Waals surface area contributed by atoms with Crippen molar-refractivity contribution in [1.82, 2.24) is 0 Å². The zero-order valence-electron chi connectivity index (χ0n) is 14.7. The molecule has 26 heavy (non-hydrogen) atoms. The fraction of sp³-hybridized carbons (Fsp3) is 0.350. The summed E-state index contributed by atoms with van der Waals surface area (Å²) in [4.78, 5) is 16.7. The Balaban J connectivity index is 1.76. The molecule has 4 rings (SSSR count). The van der Waals surface area contributed by atoms with Gasteiger partial charge in [0, 0.05) is 11.4 Å². The molecule has 1 amide bonds. The van der Waals surface area contributed by atoms with Gasteiger partial charge in [-0.25, -0.2) is 8.42 Å². The molecule has 5 nitrogen and oxygen atoms in total. The highest BCUT2D eigenvalue weighted by molar-refractivity contribution is 7.91. The maximum atomic E-state index is 13.0. The summed E-state index contributed by atoms with van der Waals surface area (Å²) in [5.74, 6) is 0.0489. The zero-order chi connectivity index (χ0) is 18.3. The van der Waals surface area contributed by atoms with Gasteiger partial charge in [-0.3, -0.25) is 4.79 Å². The van der Waals surface area contributed by atoms with E-state index >= 15 is 0 Å². The van der Waals surface area contributed by atoms with Crippen molar-refractivity contribution < 1.29 is 13.2 Å². The molecule has 2 aliphatic rings. The number of carbonyl (C=O) groups is 1. The number of anilines is 2. The van der Waals surface area contributed by atoms with Crippen LogP contribution in [0.25, 0.3) is 0 Å². The molecule has 2 heterocycles. The first-order valence-corrected chi connectivity index (χ1v) is 10.7. The van der Waals surface area contributed by atoms with Gasteiger partial charge in [-0.15, -0.1) is 0 Å². The number of carbonyl (C=O) groups excluding carboxylic acids is 1. The first-order chi connectivity index (χ1) is 12.5. The Bertz CT molecular complexity index is 927. The number of hydrogen-bond donors (Lipinski definition) is 0. The van der Waals surface area contributed by atoms with Crippen LogP contribution in [0.5, 0.6) is 0 Å². The van der Waals surface area contributed by atoms with Gasteiger partial charge in [0.15, 0.2) is 9.84 Å². The lowest BCUT2D eigenvalue weighted by molar-refractivity contribution is -0.118. The van der Waals surface area contributed by atoms with E-state index in [9.17, 15) is 13.2 Å². The minimum Gasteiger partial charge on any atom is -0.356 e. The summed E-state index contributed by atoms with van der Waals surface area (Å²) < 4.78 is 24.8. The Morgan fingerprint density at radius 3 is 2.38 bits per heavy atom. The summed E-state index contributed by atoms with van der Waals surface area (Å²) in [5.41, 5.74) is 2.84. The van der Waals surface area contributed by atoms with Gasteiger partial charge in [-0.05, 0) is 36.2 Å². The third-order valence-corrected chi connectivity index (χ3v) is 6.98. The van der Waals surface area contributed by atoms with Crippen molar-refractivity contribution in [2.45, 2.75) is 25.4 Å². The lowest BCUT2D eigenvalue weighted by atomic mass is 10.0. The molecule has 0 spiro atoms. The maximum Gasteiger partial charge on any atom is 0.246 e. The lowest BCUT2D eigenvalue weighted by Gasteiger charge is -2.44. The van der Waals surface area contributed by atoms with Gasteiger partial charge in [0.25, 0.3) is 0 Å². The topological polar surface area (TPSA) is 57.7 Å². The number of hydrogen-bond acceptors (Lipinski definition) is 4. The molecule has 2 aliphatic heterocycles. The Labute approximate surface area is 154 Å². The summed E-state index contributed by atoms with van der Waals surface area (Å²) in [6.07, 6.45) is 0.873. The van der Waals surface area contributed by atoms with Crippen molar-refractivity contribution in [2.24, 2.45) is 0 Å². The van der Waals surface area contributed by atoms with Crippen LogP contribution in [0, 0.1) is 0 Å². The molecule has 0 aromatic heterocycles. The van der Waals surface area contributed by atoms with E-state index in [1.54, 1.807) is 4.90 Å². The van der Waals surface area contributed by atoms with Crippen LogP contribution in [0.2, 0.25) is 0 Å². The number of rotatable bonds is 3. The second-order valence-electron chi connectivity index (χ2n) is 6.96. The van der Waals surface area contributed by atoms with E-state index in [1.807, 2.05) is 59.5 Å². The summed E-state index contributed by atoms with van der Waals surface area (Å²) in [6, 6.07) is 16.9. The highest BCUT2D eigenvalue weighted by Crippen LogP contribution is 2.34. The van der Waals surface area contributed by atoms with Gasteiger partial charge in [-0.1, -0.05) is 37.3 Å². The lowest BCUT2D eigenvalue weighted by Crippen LogP contribution is -2.62. The standard InChI is InChI=1S/C20H22N2O3S/c1-2-15-7-6-10-17(11-15)22-19-14-26(24,25)13-18(19)21(12-20(22)23)16-8-4-3-5-9-16/h3-11,18-19H,2,12-14H2,1H3. The summed E-state index contributed by atoms with van der Waals surface area (Å²) in [7, 11) is -3.19. The van der Waals surface area contributed by atoms with Crippen LogP contribution in [0.3, 0.4) is 0 Å². The van der Waals surface area contributed by atoms with Crippen LogP contribution in [0.1, 0.15) is 12.5 Å². The molecule has 2 unspecified atom stereocenters. The van der Waals surface area contributed by atoms with Crippen molar-refractivity contribution in [3.63, 3.8) is 0 Å². The maximum absolute atomic E-state index is 13.0. The van der Waals surface area contributed by atoms with E-state index < -0.39 is 9.84 Å². The molecule has 2 fully saturated rings. The van der Waals surface area contributed by atoms with Crippen LogP contribution >= 0.6 is 0 Å². The minimum absolute atomic E-state index is 0.0170. The Morgan fingerprint density at radius 2 is 1.65 bits per heavy atom. The third-order valence-electron chi connectivity index (χ3n) is 5.28. The van der Waals surface area contributed by atoms with Crippen molar-refractivity contribution in [3.8, 4) is 0 Å². The average molecular weight is 370 g/mol. The van der Waals surface area contributed by atoms with Crippen LogP contribution in [-0.2, 0) is 21.1 Å². The van der Waals surface area contributed by atoms with Gasteiger partial charge in [-0.2, -0.15) is 0 Å². The molecule has 2 atom stereocenters. The number of amides is 1. The highest BCUT2D eigenvalue weighted by Gasteiger charge is 2.49. The van der Waals surface area contributed by atoms with Gasteiger partial charge in [0.1, 0.15) is 0 Å². The molecular weight excluding hydrogens is 348 g/mol. The zero-order valence-corrected chi connectivity index (χ0v) is 15.5. The van der Waals surface area contributed by atoms with E-state index in [0.29, 0.717) is 0 Å². The Hall–Kier alpha value is -2.34. The Morgan fingerprint density at radius 1 is 0.962 bits per heavy atom. The third kappa shape index (κ3) is 2.98. The fourth-order valence-electron chi connectivity index (χ4n) is 4.04. The molecule has 0 aliphatic carbocycles. The number of sulfone groups is 1. The van der Waals surface area contributed by atoms with Crippen molar-refractivity contribution in [2.75, 3.05) is 27.9 Å². The average Bonchev–Trinajstić information content (AvgIpc) is 2.96. The largest absolute Gasteiger partial charge is 0.356 e. The van der Waals surface area contributed by atoms with Gasteiger partial charge >= 0.3 is 0 Å². The van der Waals surface area contributed by atoms with Crippen LogP contribution in [0.4, 0.5) is 11.4 Å². The quantitative estimate of drug-likeness (QED) is 0.832. The smallest absolute Gasteiger partial charge is 0.246 e. The number of fused-ring (bicyclic) bond motifs is 1. The van der Waals surface area contributed by atoms with E-state index in [4.69, 9.17) is 0 Å². The minimum atomic E-state index is -3.19. The summed E-state index contributed by atoms with van der Waals surface area (Å²) >= 11 is 0. The van der Waals surface area contributed by atoms with Crippen molar-refractivity contribution in [3.05, 3.63) is 60.2 Å². The molecule has 6 heteroatoms. The second-order valence-corrected chi connectivity index (χ2v) is 9.12. The van der Waals surface area contributed by atoms with Crippen LogP contribution in [0.15, 0.2) is 54.6 Å². The van der Waals surface area contributed by atoms with E-state index in [2.05, 4.69) is 6.92 Å². The molecule has 0 radical (unpaired) electrons. The first kappa shape index (κ1) is 17.1. The second kappa shape index (κ2) is 6.43. The summed E-state index contributed by atoms with van der Waals surface area (Å²) in [5, 5.41) is 0. The number of benzene rings is 2. The van der Waals surface area contributed by atoms with Crippen molar-refractivity contribution >= 4 is 27.1 Å². The molecule has 0 saturated carbocycles. The number of nitrogens with zero attached hydrogens (tertiary/aromatic N) is 2. The molecule has 0 N–H and O–H groups in total. The normalized spacial score (nSPS) is 24.6. The van der Waals surface area contributed by atoms with Gasteiger partial charge in [0.05, 0.1) is 30.1 Å². The predicted octanol–water partition coefficient (Wildman–Crippen LogP) is 2.27. The van der Waals surface area contributed by atoms with E-state index in [1.165, 1.54) is 0 Å². The number of para-hydroxylation sites is 1. The number of aryl methyl sites for hydroxylation is 1. The highest BCUT2D eigenvalue weighted by atomic mass is 32.2. The molecule has 2 saturated heterocycles. The van der Waals surface area contributed by atoms with E-state index in [0.717, 1.165) is 23.4 Å². The van der Waals surface area contributed by atoms with Crippen LogP contribution < -0.4 is 9.80 Å². The fourth-order valence-corrected chi connectivity index (χ4v) is 5.99.